The standard InChI is InChI=1S/C19H21N5O2/c25-17-12-14(7-10-21-17)11-15-13-23-19(24-18(15)26)22-9-4-2-6-16-5-1-3-8-20-16/h1,3,5,7-8,10,12-13H,2,4,6,9,11H2,(H,21,25)(H2,22,23,24,26). The van der Waals surface area contributed by atoms with E-state index in [-0.39, 0.29) is 11.1 Å². The Morgan fingerprint density at radius 2 is 2.00 bits per heavy atom. The van der Waals surface area contributed by atoms with Gasteiger partial charge in [-0.15, -0.1) is 0 Å². The van der Waals surface area contributed by atoms with Crippen LogP contribution < -0.4 is 16.4 Å². The Bertz CT molecular complexity index is 950. The number of aromatic nitrogens is 4. The van der Waals surface area contributed by atoms with E-state index in [0.717, 1.165) is 37.1 Å². The van der Waals surface area contributed by atoms with Crippen molar-refractivity contribution in [3.05, 3.63) is 86.5 Å². The first-order valence-electron chi connectivity index (χ1n) is 8.60. The van der Waals surface area contributed by atoms with Crippen molar-refractivity contribution in [2.24, 2.45) is 0 Å². The van der Waals surface area contributed by atoms with Gasteiger partial charge < -0.3 is 10.3 Å². The molecule has 3 rings (SSSR count). The SMILES string of the molecule is O=c1cc(Cc2cnc(NCCCCc3ccccn3)[nH]c2=O)cc[nH]1. The Morgan fingerprint density at radius 3 is 2.77 bits per heavy atom. The normalized spacial score (nSPS) is 10.6. The molecule has 7 nitrogen and oxygen atoms in total. The molecule has 0 fully saturated rings. The lowest BCUT2D eigenvalue weighted by atomic mass is 10.1. The first-order chi connectivity index (χ1) is 12.7. The van der Waals surface area contributed by atoms with Gasteiger partial charge in [-0.25, -0.2) is 4.98 Å². The summed E-state index contributed by atoms with van der Waals surface area (Å²) in [5, 5.41) is 3.13. The third kappa shape index (κ3) is 5.14. The maximum Gasteiger partial charge on any atom is 0.255 e. The highest BCUT2D eigenvalue weighted by Gasteiger charge is 2.04. The summed E-state index contributed by atoms with van der Waals surface area (Å²) in [6.07, 6.45) is 8.19. The van der Waals surface area contributed by atoms with Crippen LogP contribution in [-0.4, -0.2) is 26.5 Å². The first kappa shape index (κ1) is 17.6. The highest BCUT2D eigenvalue weighted by molar-refractivity contribution is 5.27. The van der Waals surface area contributed by atoms with Gasteiger partial charge in [-0.05, 0) is 43.0 Å². The number of anilines is 1. The first-order valence-corrected chi connectivity index (χ1v) is 8.60. The minimum absolute atomic E-state index is 0.184. The molecule has 0 unspecified atom stereocenters. The predicted octanol–water partition coefficient (Wildman–Crippen LogP) is 1.88. The zero-order valence-electron chi connectivity index (χ0n) is 14.4. The number of pyridine rings is 2. The van der Waals surface area contributed by atoms with E-state index in [1.165, 1.54) is 6.07 Å². The predicted molar refractivity (Wildman–Crippen MR) is 100 cm³/mol. The van der Waals surface area contributed by atoms with Crippen molar-refractivity contribution in [2.45, 2.75) is 25.7 Å². The van der Waals surface area contributed by atoms with Crippen LogP contribution in [0.3, 0.4) is 0 Å². The summed E-state index contributed by atoms with van der Waals surface area (Å²) in [6.45, 7) is 0.725. The summed E-state index contributed by atoms with van der Waals surface area (Å²) in [4.78, 5) is 37.3. The molecule has 3 N–H and O–H groups in total. The fourth-order valence-electron chi connectivity index (χ4n) is 2.64. The van der Waals surface area contributed by atoms with E-state index in [2.05, 4.69) is 25.3 Å². The molecule has 0 bridgehead atoms. The van der Waals surface area contributed by atoms with Crippen LogP contribution in [0.5, 0.6) is 0 Å². The number of hydrogen-bond donors (Lipinski definition) is 3. The van der Waals surface area contributed by atoms with E-state index in [4.69, 9.17) is 0 Å². The van der Waals surface area contributed by atoms with E-state index in [0.29, 0.717) is 17.9 Å². The number of nitrogens with zero attached hydrogens (tertiary/aromatic N) is 2. The number of aryl methyl sites for hydroxylation is 1. The smallest absolute Gasteiger partial charge is 0.255 e. The van der Waals surface area contributed by atoms with Crippen LogP contribution in [0, 0.1) is 0 Å². The molecule has 0 saturated heterocycles. The Morgan fingerprint density at radius 1 is 1.08 bits per heavy atom. The van der Waals surface area contributed by atoms with Gasteiger partial charge in [-0.3, -0.25) is 19.6 Å². The van der Waals surface area contributed by atoms with Gasteiger partial charge in [0.1, 0.15) is 0 Å². The third-order valence-corrected chi connectivity index (χ3v) is 3.99. The van der Waals surface area contributed by atoms with Gasteiger partial charge in [0, 0.05) is 48.9 Å². The van der Waals surface area contributed by atoms with Crippen molar-refractivity contribution in [3.8, 4) is 0 Å². The van der Waals surface area contributed by atoms with Gasteiger partial charge in [-0.2, -0.15) is 0 Å². The zero-order chi connectivity index (χ0) is 18.2. The fourth-order valence-corrected chi connectivity index (χ4v) is 2.64. The Kier molecular flexibility index (Phi) is 5.92. The maximum absolute atomic E-state index is 12.2. The lowest BCUT2D eigenvalue weighted by molar-refractivity contribution is 0.745. The average molecular weight is 351 g/mol. The molecule has 0 aromatic carbocycles. The van der Waals surface area contributed by atoms with Crippen molar-refractivity contribution in [2.75, 3.05) is 11.9 Å². The minimum Gasteiger partial charge on any atom is -0.356 e. The van der Waals surface area contributed by atoms with Crippen LogP contribution in [0.4, 0.5) is 5.95 Å². The van der Waals surface area contributed by atoms with Crippen LogP contribution in [-0.2, 0) is 12.8 Å². The molecule has 0 aliphatic carbocycles. The summed E-state index contributed by atoms with van der Waals surface area (Å²) in [5.74, 6) is 0.461. The van der Waals surface area contributed by atoms with Crippen LogP contribution in [0.15, 0.2) is 58.5 Å². The molecule has 0 aliphatic heterocycles. The molecule has 26 heavy (non-hydrogen) atoms. The van der Waals surface area contributed by atoms with Crippen molar-refractivity contribution < 1.29 is 0 Å². The van der Waals surface area contributed by atoms with Gasteiger partial charge in [0.05, 0.1) is 0 Å². The molecule has 7 heteroatoms. The largest absolute Gasteiger partial charge is 0.356 e. The molecular weight excluding hydrogens is 330 g/mol. The van der Waals surface area contributed by atoms with Crippen molar-refractivity contribution >= 4 is 5.95 Å². The molecule has 0 aliphatic rings. The van der Waals surface area contributed by atoms with Gasteiger partial charge in [0.2, 0.25) is 11.5 Å². The molecule has 0 spiro atoms. The van der Waals surface area contributed by atoms with Crippen molar-refractivity contribution in [1.29, 1.82) is 0 Å². The summed E-state index contributed by atoms with van der Waals surface area (Å²) in [6, 6.07) is 9.17. The van der Waals surface area contributed by atoms with Crippen LogP contribution in [0.1, 0.15) is 29.7 Å². The van der Waals surface area contributed by atoms with Crippen LogP contribution >= 0.6 is 0 Å². The topological polar surface area (TPSA) is 104 Å². The number of rotatable bonds is 8. The quantitative estimate of drug-likeness (QED) is 0.538. The minimum atomic E-state index is -0.198. The maximum atomic E-state index is 12.2. The fraction of sp³-hybridized carbons (Fsp3) is 0.263. The van der Waals surface area contributed by atoms with Gasteiger partial charge in [-0.1, -0.05) is 6.07 Å². The molecule has 0 saturated carbocycles. The summed E-state index contributed by atoms with van der Waals surface area (Å²) in [5.41, 5.74) is 2.00. The molecular formula is C19H21N5O2. The molecule has 0 atom stereocenters. The number of nitrogens with one attached hydrogen (secondary N) is 3. The number of hydrogen-bond acceptors (Lipinski definition) is 5. The second-order valence-electron chi connectivity index (χ2n) is 6.03. The summed E-state index contributed by atoms with van der Waals surface area (Å²) < 4.78 is 0. The molecule has 3 aromatic rings. The Hall–Kier alpha value is -3.22. The van der Waals surface area contributed by atoms with Crippen LogP contribution in [0.2, 0.25) is 0 Å². The number of unbranched alkanes of at least 4 members (excludes halogenated alkanes) is 1. The van der Waals surface area contributed by atoms with Gasteiger partial charge >= 0.3 is 0 Å². The van der Waals surface area contributed by atoms with Crippen molar-refractivity contribution in [3.63, 3.8) is 0 Å². The Labute approximate surface area is 150 Å². The summed E-state index contributed by atoms with van der Waals surface area (Å²) in [7, 11) is 0. The van der Waals surface area contributed by atoms with Crippen molar-refractivity contribution in [1.82, 2.24) is 19.9 Å². The van der Waals surface area contributed by atoms with E-state index in [1.54, 1.807) is 24.7 Å². The van der Waals surface area contributed by atoms with Crippen LogP contribution in [0.25, 0.3) is 0 Å². The Balaban J connectivity index is 1.48. The van der Waals surface area contributed by atoms with E-state index in [1.807, 2.05) is 18.2 Å². The van der Waals surface area contributed by atoms with Gasteiger partial charge in [0.15, 0.2) is 0 Å². The lowest BCUT2D eigenvalue weighted by Crippen LogP contribution is -2.18. The lowest BCUT2D eigenvalue weighted by Gasteiger charge is -2.06. The van der Waals surface area contributed by atoms with E-state index >= 15 is 0 Å². The second-order valence-corrected chi connectivity index (χ2v) is 6.03. The monoisotopic (exact) mass is 351 g/mol. The van der Waals surface area contributed by atoms with E-state index < -0.39 is 0 Å². The van der Waals surface area contributed by atoms with E-state index in [9.17, 15) is 9.59 Å². The molecule has 3 heterocycles. The molecule has 0 radical (unpaired) electrons. The zero-order valence-corrected chi connectivity index (χ0v) is 14.4. The molecule has 3 aromatic heterocycles. The average Bonchev–Trinajstić information content (AvgIpc) is 2.64. The number of H-pyrrole nitrogens is 2. The second kappa shape index (κ2) is 8.75. The molecule has 0 amide bonds. The highest BCUT2D eigenvalue weighted by Crippen LogP contribution is 2.04. The molecule has 134 valence electrons. The summed E-state index contributed by atoms with van der Waals surface area (Å²) >= 11 is 0. The highest BCUT2D eigenvalue weighted by atomic mass is 16.1. The third-order valence-electron chi connectivity index (χ3n) is 3.99. The van der Waals surface area contributed by atoms with Gasteiger partial charge in [0.25, 0.3) is 5.56 Å². The number of aromatic amines is 2.